The number of hydroxylamine groups is 1. The standard InChI is InChI=1S/C18H20F3N9O3S2/c1-3-4-7-29-10-11(24-15(27(2)12(10)31)35-16-26-25-14(22)34-16)30(33-13(32)18(19,20)21)17(29)28-8-5-23-6-9-28/h17,23H,5-9H2,1-2H3,(H2,22,25). The molecular formula is C18H20F3N9O3S2. The first-order valence-electron chi connectivity index (χ1n) is 10.2. The molecule has 2 aromatic heterocycles. The number of aromatic nitrogens is 4. The van der Waals surface area contributed by atoms with Crippen molar-refractivity contribution in [2.24, 2.45) is 7.05 Å². The van der Waals surface area contributed by atoms with Crippen LogP contribution in [0.4, 0.5) is 29.8 Å². The van der Waals surface area contributed by atoms with Gasteiger partial charge in [0.2, 0.25) is 5.13 Å². The summed E-state index contributed by atoms with van der Waals surface area (Å²) in [7, 11) is 1.47. The molecule has 0 saturated carbocycles. The lowest BCUT2D eigenvalue weighted by Crippen LogP contribution is -2.61. The molecule has 1 saturated heterocycles. The Balaban J connectivity index is 1.85. The number of rotatable bonds is 5. The average Bonchev–Trinajstić information content (AvgIpc) is 3.36. The van der Waals surface area contributed by atoms with Gasteiger partial charge in [-0.1, -0.05) is 17.3 Å². The maximum Gasteiger partial charge on any atom is 0.493 e. The van der Waals surface area contributed by atoms with E-state index in [0.29, 0.717) is 30.5 Å². The Morgan fingerprint density at radius 3 is 2.66 bits per heavy atom. The van der Waals surface area contributed by atoms with E-state index >= 15 is 0 Å². The Labute approximate surface area is 205 Å². The number of halogens is 3. The number of alkyl halides is 3. The van der Waals surface area contributed by atoms with Gasteiger partial charge < -0.3 is 20.8 Å². The molecule has 0 spiro atoms. The fraction of sp³-hybridized carbons (Fsp3) is 0.500. The van der Waals surface area contributed by atoms with Crippen molar-refractivity contribution in [3.63, 3.8) is 0 Å². The van der Waals surface area contributed by atoms with Gasteiger partial charge in [-0.05, 0) is 18.7 Å². The third-order valence-electron chi connectivity index (χ3n) is 5.11. The van der Waals surface area contributed by atoms with Crippen molar-refractivity contribution in [3.8, 4) is 11.8 Å². The number of nitrogens with zero attached hydrogens (tertiary/aromatic N) is 7. The lowest BCUT2D eigenvalue weighted by molar-refractivity contribution is -0.203. The summed E-state index contributed by atoms with van der Waals surface area (Å²) in [6.07, 6.45) is -6.32. The first-order valence-corrected chi connectivity index (χ1v) is 11.8. The van der Waals surface area contributed by atoms with Crippen LogP contribution in [0.5, 0.6) is 0 Å². The molecule has 1 unspecified atom stereocenters. The van der Waals surface area contributed by atoms with E-state index in [1.165, 1.54) is 16.5 Å². The van der Waals surface area contributed by atoms with Gasteiger partial charge in [-0.15, -0.1) is 21.2 Å². The minimum Gasteiger partial charge on any atom is -0.374 e. The summed E-state index contributed by atoms with van der Waals surface area (Å²) < 4.78 is 41.2. The number of fused-ring (bicyclic) bond motifs is 1. The Kier molecular flexibility index (Phi) is 7.07. The largest absolute Gasteiger partial charge is 0.493 e. The quantitative estimate of drug-likeness (QED) is 0.404. The SMILES string of the molecule is CC#CCN1c2c(nc(Sc3nnc(N)s3)n(C)c2=O)N(OC(=O)C(F)(F)F)C1N1CCNCC1. The monoisotopic (exact) mass is 531 g/mol. The van der Waals surface area contributed by atoms with Gasteiger partial charge in [-0.3, -0.25) is 14.3 Å². The number of nitrogens with two attached hydrogens (primary N) is 1. The lowest BCUT2D eigenvalue weighted by atomic mass is 10.3. The molecule has 0 radical (unpaired) electrons. The number of hydrogen-bond donors (Lipinski definition) is 2. The predicted molar refractivity (Wildman–Crippen MR) is 122 cm³/mol. The second-order valence-corrected chi connectivity index (χ2v) is 9.55. The third kappa shape index (κ3) is 5.00. The third-order valence-corrected chi connectivity index (χ3v) is 6.96. The molecule has 2 aliphatic rings. The molecule has 35 heavy (non-hydrogen) atoms. The minimum absolute atomic E-state index is 0.00545. The van der Waals surface area contributed by atoms with Crippen molar-refractivity contribution in [2.75, 3.05) is 48.4 Å². The summed E-state index contributed by atoms with van der Waals surface area (Å²) in [6.45, 7) is 3.52. The van der Waals surface area contributed by atoms with Crippen LogP contribution in [0.3, 0.4) is 0 Å². The highest BCUT2D eigenvalue weighted by Crippen LogP contribution is 2.40. The summed E-state index contributed by atoms with van der Waals surface area (Å²) >= 11 is 2.01. The molecule has 0 bridgehead atoms. The molecule has 0 amide bonds. The highest BCUT2D eigenvalue weighted by Gasteiger charge is 2.50. The Morgan fingerprint density at radius 1 is 1.34 bits per heavy atom. The molecule has 12 nitrogen and oxygen atoms in total. The molecule has 17 heteroatoms. The molecule has 188 valence electrons. The van der Waals surface area contributed by atoms with E-state index in [1.54, 1.807) is 11.8 Å². The van der Waals surface area contributed by atoms with E-state index in [2.05, 4.69) is 32.3 Å². The molecule has 3 N–H and O–H groups in total. The van der Waals surface area contributed by atoms with Crippen LogP contribution in [-0.4, -0.2) is 75.8 Å². The zero-order chi connectivity index (χ0) is 25.3. The van der Waals surface area contributed by atoms with Crippen LogP contribution in [0.1, 0.15) is 6.92 Å². The molecule has 2 aliphatic heterocycles. The summed E-state index contributed by atoms with van der Waals surface area (Å²) in [6, 6.07) is 0. The van der Waals surface area contributed by atoms with Crippen molar-refractivity contribution in [1.82, 2.24) is 30.0 Å². The molecule has 0 aromatic carbocycles. The van der Waals surface area contributed by atoms with Gasteiger partial charge in [0, 0.05) is 33.2 Å². The van der Waals surface area contributed by atoms with Gasteiger partial charge in [0.05, 0.1) is 6.54 Å². The van der Waals surface area contributed by atoms with Crippen LogP contribution < -0.4 is 26.6 Å². The Hall–Kier alpha value is -3.07. The number of hydrogen-bond acceptors (Lipinski definition) is 13. The van der Waals surface area contributed by atoms with Gasteiger partial charge >= 0.3 is 12.1 Å². The van der Waals surface area contributed by atoms with Crippen LogP contribution in [0.15, 0.2) is 14.3 Å². The van der Waals surface area contributed by atoms with Crippen molar-refractivity contribution in [1.29, 1.82) is 0 Å². The summed E-state index contributed by atoms with van der Waals surface area (Å²) in [5.74, 6) is 2.90. The molecule has 4 rings (SSSR count). The van der Waals surface area contributed by atoms with Crippen molar-refractivity contribution >= 4 is 45.7 Å². The zero-order valence-corrected chi connectivity index (χ0v) is 20.1. The fourth-order valence-electron chi connectivity index (χ4n) is 3.56. The molecule has 0 aliphatic carbocycles. The van der Waals surface area contributed by atoms with Crippen LogP contribution in [-0.2, 0) is 16.7 Å². The first kappa shape index (κ1) is 25.0. The number of nitrogen functional groups attached to an aromatic ring is 1. The topological polar surface area (TPSA) is 135 Å². The van der Waals surface area contributed by atoms with Gasteiger partial charge in [-0.2, -0.15) is 13.2 Å². The molecule has 4 heterocycles. The van der Waals surface area contributed by atoms with Crippen LogP contribution in [0.25, 0.3) is 0 Å². The highest BCUT2D eigenvalue weighted by atomic mass is 32.2. The van der Waals surface area contributed by atoms with Gasteiger partial charge in [0.25, 0.3) is 5.56 Å². The van der Waals surface area contributed by atoms with E-state index in [1.807, 2.05) is 0 Å². The second-order valence-electron chi connectivity index (χ2n) is 7.33. The normalized spacial score (nSPS) is 18.3. The van der Waals surface area contributed by atoms with Gasteiger partial charge in [0.1, 0.15) is 0 Å². The first-order chi connectivity index (χ1) is 16.6. The number of anilines is 3. The summed E-state index contributed by atoms with van der Waals surface area (Å²) in [5, 5.41) is 11.8. The predicted octanol–water partition coefficient (Wildman–Crippen LogP) is 0.224. The van der Waals surface area contributed by atoms with Crippen molar-refractivity contribution in [2.45, 2.75) is 28.9 Å². The van der Waals surface area contributed by atoms with E-state index in [4.69, 9.17) is 10.6 Å². The minimum atomic E-state index is -5.26. The Morgan fingerprint density at radius 2 is 2.06 bits per heavy atom. The smallest absolute Gasteiger partial charge is 0.374 e. The summed E-state index contributed by atoms with van der Waals surface area (Å²) in [5.41, 5.74) is 5.02. The van der Waals surface area contributed by atoms with Gasteiger partial charge in [-0.25, -0.2) is 9.78 Å². The fourth-order valence-corrected chi connectivity index (χ4v) is 5.14. The second kappa shape index (κ2) is 9.89. The van der Waals surface area contributed by atoms with Crippen LogP contribution in [0.2, 0.25) is 0 Å². The van der Waals surface area contributed by atoms with Crippen molar-refractivity contribution in [3.05, 3.63) is 10.4 Å². The van der Waals surface area contributed by atoms with E-state index < -0.39 is 24.0 Å². The van der Waals surface area contributed by atoms with E-state index in [0.717, 1.165) is 28.2 Å². The van der Waals surface area contributed by atoms with Crippen LogP contribution in [0, 0.1) is 11.8 Å². The van der Waals surface area contributed by atoms with E-state index in [9.17, 15) is 22.8 Å². The average molecular weight is 532 g/mol. The molecule has 1 fully saturated rings. The lowest BCUT2D eigenvalue weighted by Gasteiger charge is -2.40. The molecule has 2 aromatic rings. The van der Waals surface area contributed by atoms with Crippen LogP contribution >= 0.6 is 23.1 Å². The highest BCUT2D eigenvalue weighted by molar-refractivity contribution is 8.00. The number of piperazine rings is 1. The number of nitrogens with one attached hydrogen (secondary N) is 1. The van der Waals surface area contributed by atoms with Gasteiger partial charge in [0.15, 0.2) is 27.3 Å². The van der Waals surface area contributed by atoms with E-state index in [-0.39, 0.29) is 28.3 Å². The summed E-state index contributed by atoms with van der Waals surface area (Å²) in [4.78, 5) is 37.9. The molecule has 1 atom stereocenters. The zero-order valence-electron chi connectivity index (χ0n) is 18.5. The maximum atomic E-state index is 13.4. The Bertz CT molecular complexity index is 1230. The number of carbonyl (C=O) groups excluding carboxylic acids is 1. The van der Waals surface area contributed by atoms with Crippen molar-refractivity contribution < 1.29 is 22.8 Å². The maximum absolute atomic E-state index is 13.4. The number of carbonyl (C=O) groups is 1. The molecular weight excluding hydrogens is 511 g/mol.